The monoisotopic (exact) mass is 300 g/mol. The minimum absolute atomic E-state index is 0.133. The maximum atomic E-state index is 12.1. The van der Waals surface area contributed by atoms with Crippen molar-refractivity contribution in [1.82, 2.24) is 9.13 Å². The van der Waals surface area contributed by atoms with Crippen LogP contribution in [0.3, 0.4) is 0 Å². The second-order valence-corrected chi connectivity index (χ2v) is 6.14. The SMILES string of the molecule is CC(C)Cn1c(=O)n(C)c(=O)c2c(Cl)c(C=O)sc21. The van der Waals surface area contributed by atoms with Gasteiger partial charge in [0.2, 0.25) is 0 Å². The van der Waals surface area contributed by atoms with E-state index in [2.05, 4.69) is 0 Å². The summed E-state index contributed by atoms with van der Waals surface area (Å²) in [6.07, 6.45) is 0.608. The number of carbonyl (C=O) groups is 1. The van der Waals surface area contributed by atoms with Crippen LogP contribution in [-0.2, 0) is 13.6 Å². The molecule has 0 aromatic carbocycles. The first-order chi connectivity index (χ1) is 8.88. The van der Waals surface area contributed by atoms with Crippen molar-refractivity contribution in [3.05, 3.63) is 30.7 Å². The molecule has 2 rings (SSSR count). The van der Waals surface area contributed by atoms with E-state index in [1.54, 1.807) is 0 Å². The molecule has 0 amide bonds. The average Bonchev–Trinajstić information content (AvgIpc) is 2.69. The lowest BCUT2D eigenvalue weighted by Crippen LogP contribution is -2.38. The third-order valence-corrected chi connectivity index (χ3v) is 4.44. The number of hydrogen-bond donors (Lipinski definition) is 0. The minimum Gasteiger partial charge on any atom is -0.297 e. The molecule has 0 bridgehead atoms. The molecule has 102 valence electrons. The van der Waals surface area contributed by atoms with Gasteiger partial charge in [-0.2, -0.15) is 0 Å². The highest BCUT2D eigenvalue weighted by Crippen LogP contribution is 2.31. The largest absolute Gasteiger partial charge is 0.331 e. The van der Waals surface area contributed by atoms with E-state index in [0.717, 1.165) is 15.9 Å². The lowest BCUT2D eigenvalue weighted by molar-refractivity contribution is 0.112. The fourth-order valence-electron chi connectivity index (χ4n) is 1.92. The summed E-state index contributed by atoms with van der Waals surface area (Å²) in [6.45, 7) is 4.41. The Morgan fingerprint density at radius 3 is 2.53 bits per heavy atom. The standard InChI is InChI=1S/C12H13ClN2O3S/c1-6(2)4-15-11-8(9(13)7(5-16)19-11)10(17)14(3)12(15)18/h5-6H,4H2,1-3H3. The number of aromatic nitrogens is 2. The molecular formula is C12H13ClN2O3S. The van der Waals surface area contributed by atoms with Crippen LogP contribution in [0.5, 0.6) is 0 Å². The number of fused-ring (bicyclic) bond motifs is 1. The van der Waals surface area contributed by atoms with Gasteiger partial charge in [0.05, 0.1) is 15.3 Å². The van der Waals surface area contributed by atoms with E-state index in [9.17, 15) is 14.4 Å². The van der Waals surface area contributed by atoms with Crippen LogP contribution < -0.4 is 11.2 Å². The van der Waals surface area contributed by atoms with E-state index in [1.807, 2.05) is 13.8 Å². The maximum Gasteiger partial charge on any atom is 0.331 e. The van der Waals surface area contributed by atoms with Crippen molar-refractivity contribution in [2.75, 3.05) is 0 Å². The molecule has 0 aliphatic carbocycles. The van der Waals surface area contributed by atoms with E-state index < -0.39 is 5.56 Å². The van der Waals surface area contributed by atoms with Gasteiger partial charge in [0, 0.05) is 13.6 Å². The Bertz CT molecular complexity index is 770. The van der Waals surface area contributed by atoms with Crippen LogP contribution in [0.4, 0.5) is 0 Å². The third kappa shape index (κ3) is 2.15. The predicted octanol–water partition coefficient (Wildman–Crippen LogP) is 1.88. The quantitative estimate of drug-likeness (QED) is 0.813. The van der Waals surface area contributed by atoms with Gasteiger partial charge in [0.15, 0.2) is 6.29 Å². The highest BCUT2D eigenvalue weighted by molar-refractivity contribution is 7.20. The second kappa shape index (κ2) is 4.94. The van der Waals surface area contributed by atoms with Gasteiger partial charge in [-0.1, -0.05) is 25.4 Å². The zero-order valence-corrected chi connectivity index (χ0v) is 12.3. The molecule has 0 radical (unpaired) electrons. The van der Waals surface area contributed by atoms with Gasteiger partial charge in [-0.25, -0.2) is 4.79 Å². The lowest BCUT2D eigenvalue weighted by Gasteiger charge is -2.11. The van der Waals surface area contributed by atoms with E-state index in [4.69, 9.17) is 11.6 Å². The average molecular weight is 301 g/mol. The van der Waals surface area contributed by atoms with Gasteiger partial charge in [-0.15, -0.1) is 11.3 Å². The summed E-state index contributed by atoms with van der Waals surface area (Å²) in [4.78, 5) is 35.9. The van der Waals surface area contributed by atoms with Crippen LogP contribution >= 0.6 is 22.9 Å². The summed E-state index contributed by atoms with van der Waals surface area (Å²) in [5.41, 5.74) is -0.851. The molecule has 2 aromatic rings. The summed E-state index contributed by atoms with van der Waals surface area (Å²) in [5, 5.41) is 0.379. The Balaban J connectivity index is 2.99. The van der Waals surface area contributed by atoms with Gasteiger partial charge >= 0.3 is 5.69 Å². The molecule has 0 atom stereocenters. The molecule has 2 heterocycles. The summed E-state index contributed by atoms with van der Waals surface area (Å²) < 4.78 is 2.53. The van der Waals surface area contributed by atoms with E-state index >= 15 is 0 Å². The molecule has 2 aromatic heterocycles. The van der Waals surface area contributed by atoms with Crippen molar-refractivity contribution in [3.8, 4) is 0 Å². The van der Waals surface area contributed by atoms with E-state index in [0.29, 0.717) is 17.7 Å². The highest BCUT2D eigenvalue weighted by atomic mass is 35.5. The number of rotatable bonds is 3. The molecule has 0 saturated heterocycles. The summed E-state index contributed by atoms with van der Waals surface area (Å²) in [5.74, 6) is 0.235. The molecule has 0 aliphatic rings. The first kappa shape index (κ1) is 14.0. The third-order valence-electron chi connectivity index (χ3n) is 2.79. The van der Waals surface area contributed by atoms with Crippen molar-refractivity contribution in [3.63, 3.8) is 0 Å². The zero-order chi connectivity index (χ0) is 14.3. The Hall–Kier alpha value is -1.40. The lowest BCUT2D eigenvalue weighted by atomic mass is 10.2. The normalized spacial score (nSPS) is 11.4. The number of hydrogen-bond acceptors (Lipinski definition) is 4. The van der Waals surface area contributed by atoms with E-state index in [1.165, 1.54) is 11.6 Å². The number of aldehydes is 1. The fraction of sp³-hybridized carbons (Fsp3) is 0.417. The van der Waals surface area contributed by atoms with Crippen LogP contribution in [0.1, 0.15) is 23.5 Å². The van der Waals surface area contributed by atoms with Crippen molar-refractivity contribution >= 4 is 39.4 Å². The molecule has 19 heavy (non-hydrogen) atoms. The predicted molar refractivity (Wildman–Crippen MR) is 76.6 cm³/mol. The van der Waals surface area contributed by atoms with Gasteiger partial charge < -0.3 is 0 Å². The van der Waals surface area contributed by atoms with Crippen LogP contribution in [0, 0.1) is 5.92 Å². The van der Waals surface area contributed by atoms with Gasteiger partial charge in [0.25, 0.3) is 5.56 Å². The number of thiophene rings is 1. The highest BCUT2D eigenvalue weighted by Gasteiger charge is 2.19. The molecule has 5 nitrogen and oxygen atoms in total. The van der Waals surface area contributed by atoms with Crippen LogP contribution in [0.25, 0.3) is 10.2 Å². The Morgan fingerprint density at radius 1 is 1.37 bits per heavy atom. The number of halogens is 1. The number of nitrogens with zero attached hydrogens (tertiary/aromatic N) is 2. The first-order valence-corrected chi connectivity index (χ1v) is 6.95. The zero-order valence-electron chi connectivity index (χ0n) is 10.8. The van der Waals surface area contributed by atoms with Crippen molar-refractivity contribution in [1.29, 1.82) is 0 Å². The Kier molecular flexibility index (Phi) is 3.64. The van der Waals surface area contributed by atoms with Crippen molar-refractivity contribution in [2.24, 2.45) is 13.0 Å². The summed E-state index contributed by atoms with van der Waals surface area (Å²) in [7, 11) is 1.41. The molecule has 0 saturated carbocycles. The van der Waals surface area contributed by atoms with Crippen molar-refractivity contribution in [2.45, 2.75) is 20.4 Å². The topological polar surface area (TPSA) is 61.1 Å². The fourth-order valence-corrected chi connectivity index (χ4v) is 3.31. The molecule has 0 fully saturated rings. The Labute approximate surface area is 118 Å². The van der Waals surface area contributed by atoms with E-state index in [-0.39, 0.29) is 26.9 Å². The summed E-state index contributed by atoms with van der Waals surface area (Å²) >= 11 is 7.13. The Morgan fingerprint density at radius 2 is 2.00 bits per heavy atom. The maximum absolute atomic E-state index is 12.1. The minimum atomic E-state index is -0.464. The molecule has 7 heteroatoms. The smallest absolute Gasteiger partial charge is 0.297 e. The second-order valence-electron chi connectivity index (χ2n) is 4.73. The molecule has 0 N–H and O–H groups in total. The van der Waals surface area contributed by atoms with Gasteiger partial charge in [-0.05, 0) is 5.92 Å². The number of carbonyl (C=O) groups excluding carboxylic acids is 1. The molecular weight excluding hydrogens is 288 g/mol. The van der Waals surface area contributed by atoms with Crippen molar-refractivity contribution < 1.29 is 4.79 Å². The molecule has 0 unspecified atom stereocenters. The molecule has 0 aliphatic heterocycles. The molecule has 0 spiro atoms. The van der Waals surface area contributed by atoms with Crippen LogP contribution in [0.2, 0.25) is 5.02 Å². The van der Waals surface area contributed by atoms with Crippen LogP contribution in [0.15, 0.2) is 9.59 Å². The summed E-state index contributed by atoms with van der Waals surface area (Å²) in [6, 6.07) is 0. The first-order valence-electron chi connectivity index (χ1n) is 5.75. The van der Waals surface area contributed by atoms with Crippen LogP contribution in [-0.4, -0.2) is 15.4 Å². The van der Waals surface area contributed by atoms with Gasteiger partial charge in [-0.3, -0.25) is 18.7 Å². The van der Waals surface area contributed by atoms with Gasteiger partial charge in [0.1, 0.15) is 4.83 Å².